The average Bonchev–Trinajstić information content (AvgIpc) is 2.19. The van der Waals surface area contributed by atoms with Crippen LogP contribution in [0.25, 0.3) is 0 Å². The van der Waals surface area contributed by atoms with E-state index in [1.165, 1.54) is 0 Å². The highest BCUT2D eigenvalue weighted by Crippen LogP contribution is 2.22. The third-order valence-corrected chi connectivity index (χ3v) is 2.94. The van der Waals surface area contributed by atoms with E-state index in [1.807, 2.05) is 6.92 Å². The van der Waals surface area contributed by atoms with Crippen LogP contribution < -0.4 is 5.73 Å². The molecule has 0 spiro atoms. The number of likely N-dealkylation sites (tertiary alicyclic amines) is 1. The SMILES string of the molecule is CCOC(=O)N1CCC(C)C(CN)C1. The van der Waals surface area contributed by atoms with Crippen LogP contribution in [0.2, 0.25) is 0 Å². The van der Waals surface area contributed by atoms with Crippen molar-refractivity contribution < 1.29 is 9.53 Å². The Morgan fingerprint density at radius 3 is 2.93 bits per heavy atom. The Kier molecular flexibility index (Phi) is 4.20. The molecule has 2 atom stereocenters. The molecule has 0 radical (unpaired) electrons. The van der Waals surface area contributed by atoms with E-state index in [4.69, 9.17) is 10.5 Å². The zero-order valence-electron chi connectivity index (χ0n) is 9.03. The van der Waals surface area contributed by atoms with Crippen molar-refractivity contribution in [3.8, 4) is 0 Å². The van der Waals surface area contributed by atoms with E-state index in [1.54, 1.807) is 4.90 Å². The lowest BCUT2D eigenvalue weighted by Gasteiger charge is -2.35. The first-order valence-electron chi connectivity index (χ1n) is 5.30. The predicted molar refractivity (Wildman–Crippen MR) is 54.9 cm³/mol. The lowest BCUT2D eigenvalue weighted by molar-refractivity contribution is 0.0767. The fraction of sp³-hybridized carbons (Fsp3) is 0.900. The highest BCUT2D eigenvalue weighted by molar-refractivity contribution is 5.67. The van der Waals surface area contributed by atoms with Crippen LogP contribution in [0, 0.1) is 11.8 Å². The molecule has 14 heavy (non-hydrogen) atoms. The molecule has 0 aliphatic carbocycles. The highest BCUT2D eigenvalue weighted by Gasteiger charge is 2.28. The Labute approximate surface area is 85.4 Å². The second-order valence-corrected chi connectivity index (χ2v) is 3.91. The minimum atomic E-state index is -0.196. The van der Waals surface area contributed by atoms with Gasteiger partial charge in [-0.25, -0.2) is 4.79 Å². The summed E-state index contributed by atoms with van der Waals surface area (Å²) >= 11 is 0. The Balaban J connectivity index is 2.45. The van der Waals surface area contributed by atoms with E-state index in [0.29, 0.717) is 25.0 Å². The summed E-state index contributed by atoms with van der Waals surface area (Å²) < 4.78 is 4.96. The van der Waals surface area contributed by atoms with E-state index in [9.17, 15) is 4.79 Å². The van der Waals surface area contributed by atoms with Crippen molar-refractivity contribution in [2.75, 3.05) is 26.2 Å². The number of ether oxygens (including phenoxy) is 1. The molecule has 4 nitrogen and oxygen atoms in total. The third-order valence-electron chi connectivity index (χ3n) is 2.94. The van der Waals surface area contributed by atoms with Gasteiger partial charge in [0.15, 0.2) is 0 Å². The molecule has 1 heterocycles. The average molecular weight is 200 g/mol. The summed E-state index contributed by atoms with van der Waals surface area (Å²) in [4.78, 5) is 13.2. The van der Waals surface area contributed by atoms with E-state index >= 15 is 0 Å². The van der Waals surface area contributed by atoms with Gasteiger partial charge in [-0.05, 0) is 31.7 Å². The summed E-state index contributed by atoms with van der Waals surface area (Å²) in [6.45, 7) is 6.66. The van der Waals surface area contributed by atoms with Crippen LogP contribution in [0.15, 0.2) is 0 Å². The third kappa shape index (κ3) is 2.61. The Bertz CT molecular complexity index is 197. The van der Waals surface area contributed by atoms with Crippen LogP contribution in [-0.2, 0) is 4.74 Å². The van der Waals surface area contributed by atoms with Crippen molar-refractivity contribution >= 4 is 6.09 Å². The molecule has 82 valence electrons. The number of carbonyl (C=O) groups excluding carboxylic acids is 1. The topological polar surface area (TPSA) is 55.6 Å². The largest absolute Gasteiger partial charge is 0.450 e. The molecule has 0 bridgehead atoms. The van der Waals surface area contributed by atoms with E-state index in [-0.39, 0.29) is 6.09 Å². The summed E-state index contributed by atoms with van der Waals surface area (Å²) in [6, 6.07) is 0. The minimum absolute atomic E-state index is 0.196. The normalized spacial score (nSPS) is 27.5. The highest BCUT2D eigenvalue weighted by atomic mass is 16.6. The van der Waals surface area contributed by atoms with Crippen molar-refractivity contribution in [2.24, 2.45) is 17.6 Å². The molecule has 1 rings (SSSR count). The van der Waals surface area contributed by atoms with Crippen molar-refractivity contribution in [3.63, 3.8) is 0 Å². The van der Waals surface area contributed by atoms with Crippen LogP contribution >= 0.6 is 0 Å². The molecule has 1 saturated heterocycles. The van der Waals surface area contributed by atoms with Gasteiger partial charge in [-0.3, -0.25) is 0 Å². The summed E-state index contributed by atoms with van der Waals surface area (Å²) in [5.41, 5.74) is 5.65. The van der Waals surface area contributed by atoms with E-state index in [2.05, 4.69) is 6.92 Å². The number of amides is 1. The van der Waals surface area contributed by atoms with Crippen LogP contribution in [0.3, 0.4) is 0 Å². The fourth-order valence-electron chi connectivity index (χ4n) is 1.84. The van der Waals surface area contributed by atoms with Crippen molar-refractivity contribution in [1.82, 2.24) is 4.90 Å². The number of rotatable bonds is 2. The molecule has 0 saturated carbocycles. The molecule has 1 fully saturated rings. The van der Waals surface area contributed by atoms with Gasteiger partial charge in [-0.2, -0.15) is 0 Å². The van der Waals surface area contributed by atoms with Crippen molar-refractivity contribution in [1.29, 1.82) is 0 Å². The fourth-order valence-corrected chi connectivity index (χ4v) is 1.84. The predicted octanol–water partition coefficient (Wildman–Crippen LogP) is 1.06. The molecule has 0 aromatic rings. The van der Waals surface area contributed by atoms with Crippen molar-refractivity contribution in [3.05, 3.63) is 0 Å². The molecule has 0 aromatic carbocycles. The summed E-state index contributed by atoms with van der Waals surface area (Å²) in [5.74, 6) is 1.04. The first-order valence-corrected chi connectivity index (χ1v) is 5.30. The Morgan fingerprint density at radius 2 is 2.36 bits per heavy atom. The molecule has 2 unspecified atom stereocenters. The second-order valence-electron chi connectivity index (χ2n) is 3.91. The van der Waals surface area contributed by atoms with Gasteiger partial charge < -0.3 is 15.4 Å². The van der Waals surface area contributed by atoms with Crippen molar-refractivity contribution in [2.45, 2.75) is 20.3 Å². The molecule has 2 N–H and O–H groups in total. The van der Waals surface area contributed by atoms with Gasteiger partial charge in [0.05, 0.1) is 6.61 Å². The van der Waals surface area contributed by atoms with Gasteiger partial charge in [-0.15, -0.1) is 0 Å². The van der Waals surface area contributed by atoms with Gasteiger partial charge >= 0.3 is 6.09 Å². The van der Waals surface area contributed by atoms with E-state index < -0.39 is 0 Å². The molecular weight excluding hydrogens is 180 g/mol. The van der Waals surface area contributed by atoms with Gasteiger partial charge in [0.2, 0.25) is 0 Å². The zero-order valence-corrected chi connectivity index (χ0v) is 9.03. The van der Waals surface area contributed by atoms with Gasteiger partial charge in [0.1, 0.15) is 0 Å². The number of hydrogen-bond acceptors (Lipinski definition) is 3. The summed E-state index contributed by atoms with van der Waals surface area (Å²) in [7, 11) is 0. The second kappa shape index (κ2) is 5.20. The van der Waals surface area contributed by atoms with Gasteiger partial charge in [-0.1, -0.05) is 6.92 Å². The Hall–Kier alpha value is -0.770. The zero-order chi connectivity index (χ0) is 10.6. The van der Waals surface area contributed by atoms with Crippen LogP contribution in [-0.4, -0.2) is 37.2 Å². The number of carbonyl (C=O) groups is 1. The summed E-state index contributed by atoms with van der Waals surface area (Å²) in [5, 5.41) is 0. The number of hydrogen-bond donors (Lipinski definition) is 1. The lowest BCUT2D eigenvalue weighted by atomic mass is 9.87. The summed E-state index contributed by atoms with van der Waals surface area (Å²) in [6.07, 6.45) is 0.832. The maximum absolute atomic E-state index is 11.4. The molecule has 0 aromatic heterocycles. The monoisotopic (exact) mass is 200 g/mol. The maximum Gasteiger partial charge on any atom is 0.409 e. The maximum atomic E-state index is 11.4. The first-order chi connectivity index (χ1) is 6.69. The molecule has 1 aliphatic heterocycles. The molecule has 1 amide bonds. The van der Waals surface area contributed by atoms with E-state index in [0.717, 1.165) is 19.5 Å². The number of nitrogens with two attached hydrogens (primary N) is 1. The minimum Gasteiger partial charge on any atom is -0.450 e. The van der Waals surface area contributed by atoms with Crippen LogP contribution in [0.4, 0.5) is 4.79 Å². The quantitative estimate of drug-likeness (QED) is 0.725. The number of nitrogens with zero attached hydrogens (tertiary/aromatic N) is 1. The van der Waals surface area contributed by atoms with Gasteiger partial charge in [0, 0.05) is 13.1 Å². The van der Waals surface area contributed by atoms with Crippen LogP contribution in [0.1, 0.15) is 20.3 Å². The van der Waals surface area contributed by atoms with Crippen LogP contribution in [0.5, 0.6) is 0 Å². The Morgan fingerprint density at radius 1 is 1.64 bits per heavy atom. The number of piperidine rings is 1. The molecule has 4 heteroatoms. The van der Waals surface area contributed by atoms with Gasteiger partial charge in [0.25, 0.3) is 0 Å². The molecular formula is C10H20N2O2. The molecule has 1 aliphatic rings. The standard InChI is InChI=1S/C10H20N2O2/c1-3-14-10(13)12-5-4-8(2)9(6-11)7-12/h8-9H,3-7,11H2,1-2H3. The first kappa shape index (κ1) is 11.3. The smallest absolute Gasteiger partial charge is 0.409 e. The lowest BCUT2D eigenvalue weighted by Crippen LogP contribution is -2.45.